The van der Waals surface area contributed by atoms with Gasteiger partial charge in [-0.15, -0.1) is 0 Å². The summed E-state index contributed by atoms with van der Waals surface area (Å²) in [5, 5.41) is 7.82. The largest absolute Gasteiger partial charge is 0.378 e. The van der Waals surface area contributed by atoms with E-state index in [1.54, 1.807) is 0 Å². The Labute approximate surface area is 165 Å². The number of benzene rings is 3. The van der Waals surface area contributed by atoms with Crippen LogP contribution in [0.1, 0.15) is 23.6 Å². The van der Waals surface area contributed by atoms with E-state index in [1.807, 2.05) is 30.3 Å². The van der Waals surface area contributed by atoms with Crippen LogP contribution in [0.4, 0.5) is 11.4 Å². The predicted molar refractivity (Wildman–Crippen MR) is 115 cm³/mol. The Morgan fingerprint density at radius 1 is 0.889 bits per heavy atom. The second kappa shape index (κ2) is 7.45. The second-order valence-corrected chi connectivity index (χ2v) is 7.38. The summed E-state index contributed by atoms with van der Waals surface area (Å²) in [6.07, 6.45) is 0.869. The maximum absolute atomic E-state index is 6.08. The van der Waals surface area contributed by atoms with Crippen LogP contribution < -0.4 is 9.91 Å². The Morgan fingerprint density at radius 2 is 1.56 bits per heavy atom. The molecule has 3 nitrogen and oxygen atoms in total. The van der Waals surface area contributed by atoms with Gasteiger partial charge in [-0.25, -0.2) is 0 Å². The molecule has 4 rings (SSSR count). The van der Waals surface area contributed by atoms with E-state index in [9.17, 15) is 0 Å². The van der Waals surface area contributed by atoms with Gasteiger partial charge < -0.3 is 4.90 Å². The van der Waals surface area contributed by atoms with Crippen LogP contribution in [0.5, 0.6) is 0 Å². The molecule has 0 aliphatic carbocycles. The quantitative estimate of drug-likeness (QED) is 0.577. The monoisotopic (exact) mass is 375 g/mol. The van der Waals surface area contributed by atoms with Crippen molar-refractivity contribution in [3.63, 3.8) is 0 Å². The van der Waals surface area contributed by atoms with E-state index in [1.165, 1.54) is 16.8 Å². The third-order valence-corrected chi connectivity index (χ3v) is 5.15. The van der Waals surface area contributed by atoms with Crippen LogP contribution in [0.15, 0.2) is 84.0 Å². The fourth-order valence-electron chi connectivity index (χ4n) is 3.40. The van der Waals surface area contributed by atoms with Crippen molar-refractivity contribution in [2.24, 2.45) is 5.10 Å². The van der Waals surface area contributed by atoms with Crippen molar-refractivity contribution < 1.29 is 0 Å². The van der Waals surface area contributed by atoms with E-state index in [0.29, 0.717) is 0 Å². The van der Waals surface area contributed by atoms with Gasteiger partial charge in [-0.05, 0) is 47.5 Å². The lowest BCUT2D eigenvalue weighted by molar-refractivity contribution is 0.709. The molecule has 0 saturated carbocycles. The highest BCUT2D eigenvalue weighted by Gasteiger charge is 2.29. The first-order chi connectivity index (χ1) is 13.1. The molecule has 1 unspecified atom stereocenters. The van der Waals surface area contributed by atoms with Gasteiger partial charge in [0.1, 0.15) is 0 Å². The number of hydrogen-bond acceptors (Lipinski definition) is 3. The molecule has 1 heterocycles. The maximum Gasteiger partial charge on any atom is 0.0831 e. The van der Waals surface area contributed by atoms with Crippen molar-refractivity contribution in [1.82, 2.24) is 0 Å². The molecule has 27 heavy (non-hydrogen) atoms. The summed E-state index contributed by atoms with van der Waals surface area (Å²) in [4.78, 5) is 2.11. The molecular formula is C23H22ClN3. The summed E-state index contributed by atoms with van der Waals surface area (Å²) in [7, 11) is 4.11. The van der Waals surface area contributed by atoms with Crippen molar-refractivity contribution in [2.45, 2.75) is 12.5 Å². The number of hydrogen-bond donors (Lipinski definition) is 0. The van der Waals surface area contributed by atoms with Gasteiger partial charge in [0, 0.05) is 31.2 Å². The van der Waals surface area contributed by atoms with E-state index in [0.717, 1.165) is 22.8 Å². The standard InChI is InChI=1S/C23H22ClN3/c1-26(2)20-12-8-18(9-13-20)23-16-22(17-6-4-3-5-7-17)25-27(23)21-14-10-19(24)11-15-21/h3-15,23H,16H2,1-2H3. The van der Waals surface area contributed by atoms with Crippen LogP contribution in [0.2, 0.25) is 5.02 Å². The Bertz CT molecular complexity index is 932. The minimum absolute atomic E-state index is 0.164. The molecule has 0 bridgehead atoms. The van der Waals surface area contributed by atoms with Crippen molar-refractivity contribution in [2.75, 3.05) is 24.0 Å². The first-order valence-electron chi connectivity index (χ1n) is 9.07. The van der Waals surface area contributed by atoms with Gasteiger partial charge >= 0.3 is 0 Å². The van der Waals surface area contributed by atoms with Crippen LogP contribution >= 0.6 is 11.6 Å². The first kappa shape index (κ1) is 17.6. The number of hydrazone groups is 1. The molecule has 3 aromatic rings. The SMILES string of the molecule is CN(C)c1ccc(C2CC(c3ccccc3)=NN2c2ccc(Cl)cc2)cc1. The molecular weight excluding hydrogens is 354 g/mol. The molecule has 0 radical (unpaired) electrons. The molecule has 0 N–H and O–H groups in total. The number of nitrogens with zero attached hydrogens (tertiary/aromatic N) is 3. The van der Waals surface area contributed by atoms with Crippen LogP contribution in [-0.2, 0) is 0 Å². The van der Waals surface area contributed by atoms with Crippen LogP contribution in [-0.4, -0.2) is 19.8 Å². The summed E-state index contributed by atoms with van der Waals surface area (Å²) in [6.45, 7) is 0. The van der Waals surface area contributed by atoms with E-state index < -0.39 is 0 Å². The molecule has 0 amide bonds. The normalized spacial score (nSPS) is 16.3. The molecule has 3 aromatic carbocycles. The van der Waals surface area contributed by atoms with Crippen LogP contribution in [0.3, 0.4) is 0 Å². The zero-order valence-electron chi connectivity index (χ0n) is 15.5. The van der Waals surface area contributed by atoms with Crippen molar-refractivity contribution in [1.29, 1.82) is 0 Å². The number of rotatable bonds is 4. The second-order valence-electron chi connectivity index (χ2n) is 6.94. The lowest BCUT2D eigenvalue weighted by Crippen LogP contribution is -2.18. The zero-order chi connectivity index (χ0) is 18.8. The van der Waals surface area contributed by atoms with E-state index in [-0.39, 0.29) is 6.04 Å². The highest BCUT2D eigenvalue weighted by atomic mass is 35.5. The number of anilines is 2. The van der Waals surface area contributed by atoms with Crippen LogP contribution in [0.25, 0.3) is 0 Å². The molecule has 0 aromatic heterocycles. The molecule has 136 valence electrons. The summed E-state index contributed by atoms with van der Waals surface area (Å²) in [6, 6.07) is 27.2. The van der Waals surface area contributed by atoms with E-state index in [2.05, 4.69) is 72.5 Å². The van der Waals surface area contributed by atoms with Gasteiger partial charge in [0.15, 0.2) is 0 Å². The topological polar surface area (TPSA) is 18.8 Å². The van der Waals surface area contributed by atoms with E-state index >= 15 is 0 Å². The molecule has 4 heteroatoms. The molecule has 1 atom stereocenters. The highest BCUT2D eigenvalue weighted by Crippen LogP contribution is 2.37. The Balaban J connectivity index is 1.71. The molecule has 0 fully saturated rings. The van der Waals surface area contributed by atoms with Gasteiger partial charge in [0.2, 0.25) is 0 Å². The fourth-order valence-corrected chi connectivity index (χ4v) is 3.53. The van der Waals surface area contributed by atoms with Crippen molar-refractivity contribution in [3.05, 3.63) is 95.0 Å². The Kier molecular flexibility index (Phi) is 4.87. The summed E-state index contributed by atoms with van der Waals surface area (Å²) >= 11 is 6.08. The third-order valence-electron chi connectivity index (χ3n) is 4.90. The smallest absolute Gasteiger partial charge is 0.0831 e. The summed E-state index contributed by atoms with van der Waals surface area (Å²) < 4.78 is 0. The fraction of sp³-hybridized carbons (Fsp3) is 0.174. The molecule has 0 saturated heterocycles. The van der Waals surface area contributed by atoms with Gasteiger partial charge in [-0.1, -0.05) is 54.1 Å². The lowest BCUT2D eigenvalue weighted by atomic mass is 9.98. The van der Waals surface area contributed by atoms with E-state index in [4.69, 9.17) is 16.7 Å². The lowest BCUT2D eigenvalue weighted by Gasteiger charge is -2.24. The summed E-state index contributed by atoms with van der Waals surface area (Å²) in [5.74, 6) is 0. The van der Waals surface area contributed by atoms with Crippen molar-refractivity contribution >= 4 is 28.7 Å². The minimum atomic E-state index is 0.164. The Morgan fingerprint density at radius 3 is 2.19 bits per heavy atom. The molecule has 0 spiro atoms. The average molecular weight is 376 g/mol. The predicted octanol–water partition coefficient (Wildman–Crippen LogP) is 5.76. The van der Waals surface area contributed by atoms with Crippen molar-refractivity contribution in [3.8, 4) is 0 Å². The van der Waals surface area contributed by atoms with Gasteiger partial charge in [-0.3, -0.25) is 5.01 Å². The maximum atomic E-state index is 6.08. The third kappa shape index (κ3) is 3.69. The minimum Gasteiger partial charge on any atom is -0.378 e. The van der Waals surface area contributed by atoms with Gasteiger partial charge in [-0.2, -0.15) is 5.10 Å². The molecule has 1 aliphatic heterocycles. The summed E-state index contributed by atoms with van der Waals surface area (Å²) in [5.41, 5.74) is 5.77. The Hall–Kier alpha value is -2.78. The zero-order valence-corrected chi connectivity index (χ0v) is 16.3. The molecule has 1 aliphatic rings. The average Bonchev–Trinajstić information content (AvgIpc) is 3.15. The van der Waals surface area contributed by atoms with Gasteiger partial charge in [0.05, 0.1) is 17.4 Å². The van der Waals surface area contributed by atoms with Crippen LogP contribution in [0, 0.1) is 0 Å². The highest BCUT2D eigenvalue weighted by molar-refractivity contribution is 6.30. The first-order valence-corrected chi connectivity index (χ1v) is 9.44. The number of halogens is 1. The van der Waals surface area contributed by atoms with Gasteiger partial charge in [0.25, 0.3) is 0 Å².